The molecule has 2 rings (SSSR count). The molecule has 0 aromatic heterocycles. The van der Waals surface area contributed by atoms with E-state index >= 15 is 0 Å². The summed E-state index contributed by atoms with van der Waals surface area (Å²) in [5, 5.41) is 8.86. The zero-order chi connectivity index (χ0) is 9.26. The molecule has 13 heavy (non-hydrogen) atoms. The second-order valence-corrected chi connectivity index (χ2v) is 4.24. The molecular formula is C11H16O2. The molecule has 2 nitrogen and oxygen atoms in total. The van der Waals surface area contributed by atoms with E-state index in [9.17, 15) is 4.79 Å². The first-order chi connectivity index (χ1) is 6.27. The fraction of sp³-hybridized carbons (Fsp3) is 0.727. The number of rotatable bonds is 1. The molecule has 0 aromatic carbocycles. The van der Waals surface area contributed by atoms with Crippen LogP contribution in [0.3, 0.4) is 0 Å². The lowest BCUT2D eigenvalue weighted by Crippen LogP contribution is -2.23. The second-order valence-electron chi connectivity index (χ2n) is 4.24. The van der Waals surface area contributed by atoms with Gasteiger partial charge in [0.1, 0.15) is 0 Å². The monoisotopic (exact) mass is 180 g/mol. The maximum absolute atomic E-state index is 10.8. The maximum atomic E-state index is 10.8. The third-order valence-corrected chi connectivity index (χ3v) is 3.44. The first-order valence-corrected chi connectivity index (χ1v) is 5.21. The highest BCUT2D eigenvalue weighted by Crippen LogP contribution is 2.38. The van der Waals surface area contributed by atoms with Crippen molar-refractivity contribution in [2.24, 2.45) is 11.8 Å². The van der Waals surface area contributed by atoms with Crippen LogP contribution in [0.2, 0.25) is 0 Å². The minimum atomic E-state index is -0.705. The minimum absolute atomic E-state index is 0.577. The number of carboxylic acid groups (broad SMARTS) is 1. The number of aliphatic carboxylic acids is 1. The Morgan fingerprint density at radius 1 is 1.31 bits per heavy atom. The SMILES string of the molecule is O=C(O)C1=CC2CCCCC2CC1. The molecular weight excluding hydrogens is 164 g/mol. The molecule has 0 amide bonds. The summed E-state index contributed by atoms with van der Waals surface area (Å²) in [5.74, 6) is 0.662. The van der Waals surface area contributed by atoms with Crippen LogP contribution >= 0.6 is 0 Å². The van der Waals surface area contributed by atoms with E-state index in [0.29, 0.717) is 11.5 Å². The van der Waals surface area contributed by atoms with E-state index < -0.39 is 5.97 Å². The van der Waals surface area contributed by atoms with Crippen LogP contribution in [0, 0.1) is 11.8 Å². The fourth-order valence-electron chi connectivity index (χ4n) is 2.68. The second kappa shape index (κ2) is 3.52. The van der Waals surface area contributed by atoms with Gasteiger partial charge in [0.2, 0.25) is 0 Å². The Hall–Kier alpha value is -0.790. The Labute approximate surface area is 78.6 Å². The van der Waals surface area contributed by atoms with Crippen molar-refractivity contribution in [2.75, 3.05) is 0 Å². The Balaban J connectivity index is 2.11. The molecule has 1 fully saturated rings. The molecule has 0 radical (unpaired) electrons. The average molecular weight is 180 g/mol. The van der Waals surface area contributed by atoms with Gasteiger partial charge in [-0.3, -0.25) is 0 Å². The van der Waals surface area contributed by atoms with Crippen molar-refractivity contribution in [1.82, 2.24) is 0 Å². The third-order valence-electron chi connectivity index (χ3n) is 3.44. The van der Waals surface area contributed by atoms with Crippen molar-refractivity contribution in [3.05, 3.63) is 11.6 Å². The van der Waals surface area contributed by atoms with Crippen molar-refractivity contribution in [1.29, 1.82) is 0 Å². The summed E-state index contributed by atoms with van der Waals surface area (Å²) < 4.78 is 0. The van der Waals surface area contributed by atoms with E-state index in [1.807, 2.05) is 6.08 Å². The highest BCUT2D eigenvalue weighted by molar-refractivity contribution is 5.86. The normalized spacial score (nSPS) is 33.4. The molecule has 0 heterocycles. The van der Waals surface area contributed by atoms with Crippen molar-refractivity contribution >= 4 is 5.97 Å². The molecule has 0 bridgehead atoms. The number of carboxylic acids is 1. The highest BCUT2D eigenvalue weighted by atomic mass is 16.4. The highest BCUT2D eigenvalue weighted by Gasteiger charge is 2.28. The largest absolute Gasteiger partial charge is 0.478 e. The third kappa shape index (κ3) is 1.77. The summed E-state index contributed by atoms with van der Waals surface area (Å²) in [5.41, 5.74) is 0.656. The predicted octanol–water partition coefficient (Wildman–Crippen LogP) is 2.60. The van der Waals surface area contributed by atoms with Crippen molar-refractivity contribution in [2.45, 2.75) is 38.5 Å². The topological polar surface area (TPSA) is 37.3 Å². The van der Waals surface area contributed by atoms with Crippen LogP contribution in [0.5, 0.6) is 0 Å². The fourth-order valence-corrected chi connectivity index (χ4v) is 2.68. The van der Waals surface area contributed by atoms with Crippen LogP contribution in [-0.4, -0.2) is 11.1 Å². The van der Waals surface area contributed by atoms with Gasteiger partial charge in [0.25, 0.3) is 0 Å². The summed E-state index contributed by atoms with van der Waals surface area (Å²) >= 11 is 0. The van der Waals surface area contributed by atoms with Gasteiger partial charge in [0.05, 0.1) is 0 Å². The lowest BCUT2D eigenvalue weighted by molar-refractivity contribution is -0.133. The summed E-state index contributed by atoms with van der Waals surface area (Å²) in [7, 11) is 0. The quantitative estimate of drug-likeness (QED) is 0.673. The van der Waals surface area contributed by atoms with Crippen LogP contribution in [0.15, 0.2) is 11.6 Å². The predicted molar refractivity (Wildman–Crippen MR) is 50.4 cm³/mol. The van der Waals surface area contributed by atoms with E-state index in [0.717, 1.165) is 18.8 Å². The van der Waals surface area contributed by atoms with Crippen molar-refractivity contribution in [3.63, 3.8) is 0 Å². The molecule has 2 aliphatic rings. The molecule has 2 aliphatic carbocycles. The van der Waals surface area contributed by atoms with Crippen LogP contribution in [-0.2, 0) is 4.79 Å². The van der Waals surface area contributed by atoms with Gasteiger partial charge < -0.3 is 5.11 Å². The van der Waals surface area contributed by atoms with Gasteiger partial charge in [-0.2, -0.15) is 0 Å². The molecule has 0 aliphatic heterocycles. The van der Waals surface area contributed by atoms with Crippen molar-refractivity contribution < 1.29 is 9.90 Å². The number of hydrogen-bond donors (Lipinski definition) is 1. The van der Waals surface area contributed by atoms with Gasteiger partial charge >= 0.3 is 5.97 Å². The van der Waals surface area contributed by atoms with Crippen LogP contribution in [0.4, 0.5) is 0 Å². The van der Waals surface area contributed by atoms with Gasteiger partial charge in [-0.25, -0.2) is 4.79 Å². The average Bonchev–Trinajstić information content (AvgIpc) is 2.17. The van der Waals surface area contributed by atoms with Gasteiger partial charge in [0.15, 0.2) is 0 Å². The smallest absolute Gasteiger partial charge is 0.331 e. The van der Waals surface area contributed by atoms with Gasteiger partial charge in [-0.15, -0.1) is 0 Å². The number of allylic oxidation sites excluding steroid dienone is 1. The maximum Gasteiger partial charge on any atom is 0.331 e. The van der Waals surface area contributed by atoms with E-state index in [2.05, 4.69) is 0 Å². The Morgan fingerprint density at radius 2 is 2.08 bits per heavy atom. The lowest BCUT2D eigenvalue weighted by Gasteiger charge is -2.33. The van der Waals surface area contributed by atoms with Crippen molar-refractivity contribution in [3.8, 4) is 0 Å². The Kier molecular flexibility index (Phi) is 2.38. The Morgan fingerprint density at radius 3 is 2.85 bits per heavy atom. The summed E-state index contributed by atoms with van der Waals surface area (Å²) in [6, 6.07) is 0. The van der Waals surface area contributed by atoms with Crippen LogP contribution in [0.1, 0.15) is 38.5 Å². The van der Waals surface area contributed by atoms with Gasteiger partial charge in [-0.1, -0.05) is 18.9 Å². The first kappa shape index (κ1) is 8.79. The summed E-state index contributed by atoms with van der Waals surface area (Å²) in [6.07, 6.45) is 9.06. The molecule has 2 unspecified atom stereocenters. The number of hydrogen-bond acceptors (Lipinski definition) is 1. The van der Waals surface area contributed by atoms with Gasteiger partial charge in [-0.05, 0) is 37.5 Å². The zero-order valence-corrected chi connectivity index (χ0v) is 7.83. The molecule has 2 heteroatoms. The first-order valence-electron chi connectivity index (χ1n) is 5.21. The lowest BCUT2D eigenvalue weighted by atomic mass is 9.72. The Bertz CT molecular complexity index is 242. The van der Waals surface area contributed by atoms with Crippen LogP contribution < -0.4 is 0 Å². The van der Waals surface area contributed by atoms with E-state index in [1.54, 1.807) is 0 Å². The van der Waals surface area contributed by atoms with E-state index in [4.69, 9.17) is 5.11 Å². The number of fused-ring (bicyclic) bond motifs is 1. The van der Waals surface area contributed by atoms with Crippen LogP contribution in [0.25, 0.3) is 0 Å². The molecule has 0 spiro atoms. The molecule has 2 atom stereocenters. The molecule has 1 N–H and O–H groups in total. The summed E-state index contributed by atoms with van der Waals surface area (Å²) in [6.45, 7) is 0. The van der Waals surface area contributed by atoms with E-state index in [1.165, 1.54) is 25.7 Å². The zero-order valence-electron chi connectivity index (χ0n) is 7.83. The minimum Gasteiger partial charge on any atom is -0.478 e. The molecule has 1 saturated carbocycles. The standard InChI is InChI=1S/C11H16O2/c12-11(13)10-6-5-8-3-1-2-4-9(8)7-10/h7-9H,1-6H2,(H,12,13). The summed E-state index contributed by atoms with van der Waals surface area (Å²) in [4.78, 5) is 10.8. The molecule has 0 aromatic rings. The molecule has 0 saturated heterocycles. The van der Waals surface area contributed by atoms with Gasteiger partial charge in [0, 0.05) is 5.57 Å². The molecule has 72 valence electrons. The number of carbonyl (C=O) groups is 1. The van der Waals surface area contributed by atoms with E-state index in [-0.39, 0.29) is 0 Å².